The van der Waals surface area contributed by atoms with E-state index in [4.69, 9.17) is 16.3 Å². The molecule has 0 atom stereocenters. The molecule has 0 saturated heterocycles. The van der Waals surface area contributed by atoms with E-state index in [0.717, 1.165) is 0 Å². The molecular weight excluding hydrogens is 218 g/mol. The Hall–Kier alpha value is 0.720. The molecule has 0 aliphatic rings. The minimum absolute atomic E-state index is 0. The predicted molar refractivity (Wildman–Crippen MR) is 57.4 cm³/mol. The summed E-state index contributed by atoms with van der Waals surface area (Å²) < 4.78 is 4.84. The number of alkyl halides is 1. The van der Waals surface area contributed by atoms with Crippen molar-refractivity contribution in [3.05, 3.63) is 12.2 Å². The fraction of sp³-hybridized carbons (Fsp3) is 0.625. The standard InChI is InChI=1S/C8H14ClNO2.Ca.2H/c1-7(6-9)8(11)12-5-4-10(2)3;;;/h1,4-6H2,2-3H3;;;/q;+2;2*-1. The number of carbonyl (C=O) groups is 1. The quantitative estimate of drug-likeness (QED) is 0.304. The molecule has 0 bridgehead atoms. The van der Waals surface area contributed by atoms with Gasteiger partial charge in [0.05, 0.1) is 5.88 Å². The van der Waals surface area contributed by atoms with E-state index in [1.165, 1.54) is 0 Å². The molecule has 0 saturated carbocycles. The Morgan fingerprint density at radius 1 is 1.62 bits per heavy atom. The molecule has 5 heteroatoms. The number of hydrogen-bond donors (Lipinski definition) is 0. The second-order valence-corrected chi connectivity index (χ2v) is 2.94. The van der Waals surface area contributed by atoms with E-state index in [1.54, 1.807) is 0 Å². The van der Waals surface area contributed by atoms with Crippen LogP contribution in [-0.4, -0.2) is 81.7 Å². The van der Waals surface area contributed by atoms with Crippen LogP contribution >= 0.6 is 11.6 Å². The molecule has 0 rings (SSSR count). The third-order valence-corrected chi connectivity index (χ3v) is 1.54. The number of rotatable bonds is 5. The van der Waals surface area contributed by atoms with E-state index in [0.29, 0.717) is 18.7 Å². The van der Waals surface area contributed by atoms with E-state index < -0.39 is 5.97 Å². The number of ether oxygens (including phenoxy) is 1. The second-order valence-electron chi connectivity index (χ2n) is 2.68. The zero-order chi connectivity index (χ0) is 9.56. The van der Waals surface area contributed by atoms with Gasteiger partial charge in [0.2, 0.25) is 0 Å². The van der Waals surface area contributed by atoms with Crippen LogP contribution in [0, 0.1) is 0 Å². The van der Waals surface area contributed by atoms with Gasteiger partial charge in [-0.2, -0.15) is 0 Å². The zero-order valence-corrected chi connectivity index (χ0v) is 11.1. The minimum atomic E-state index is -0.410. The molecule has 0 unspecified atom stereocenters. The Labute approximate surface area is 117 Å². The molecule has 0 aliphatic heterocycles. The maximum absolute atomic E-state index is 10.9. The molecule has 0 radical (unpaired) electrons. The van der Waals surface area contributed by atoms with Crippen molar-refractivity contribution in [3.63, 3.8) is 0 Å². The van der Waals surface area contributed by atoms with Gasteiger partial charge in [0.15, 0.2) is 0 Å². The third-order valence-electron chi connectivity index (χ3n) is 1.22. The van der Waals surface area contributed by atoms with Crippen molar-refractivity contribution in [1.82, 2.24) is 4.90 Å². The van der Waals surface area contributed by atoms with Crippen molar-refractivity contribution >= 4 is 55.3 Å². The second kappa shape index (κ2) is 9.28. The van der Waals surface area contributed by atoms with E-state index in [9.17, 15) is 4.79 Å². The summed E-state index contributed by atoms with van der Waals surface area (Å²) in [5.41, 5.74) is 0.301. The van der Waals surface area contributed by atoms with Crippen LogP contribution < -0.4 is 0 Å². The van der Waals surface area contributed by atoms with Crippen LogP contribution in [0.5, 0.6) is 0 Å². The minimum Gasteiger partial charge on any atom is -1.00 e. The maximum Gasteiger partial charge on any atom is 2.00 e. The Balaban J connectivity index is -0.000000202. The average Bonchev–Trinajstić information content (AvgIpc) is 2.02. The van der Waals surface area contributed by atoms with E-state index in [-0.39, 0.29) is 46.5 Å². The summed E-state index contributed by atoms with van der Waals surface area (Å²) in [6, 6.07) is 0. The van der Waals surface area contributed by atoms with Crippen molar-refractivity contribution in [3.8, 4) is 0 Å². The van der Waals surface area contributed by atoms with Crippen molar-refractivity contribution in [2.45, 2.75) is 0 Å². The van der Waals surface area contributed by atoms with Crippen LogP contribution in [0.3, 0.4) is 0 Å². The van der Waals surface area contributed by atoms with Gasteiger partial charge >= 0.3 is 43.7 Å². The third kappa shape index (κ3) is 9.03. The van der Waals surface area contributed by atoms with Gasteiger partial charge in [-0.1, -0.05) is 6.58 Å². The van der Waals surface area contributed by atoms with Gasteiger partial charge in [-0.3, -0.25) is 0 Å². The van der Waals surface area contributed by atoms with Gasteiger partial charge in [-0.25, -0.2) is 4.79 Å². The number of hydrogen-bond acceptors (Lipinski definition) is 3. The molecule has 0 N–H and O–H groups in total. The first-order valence-electron chi connectivity index (χ1n) is 3.63. The van der Waals surface area contributed by atoms with E-state index in [2.05, 4.69) is 6.58 Å². The van der Waals surface area contributed by atoms with Gasteiger partial charge in [0.1, 0.15) is 6.61 Å². The molecule has 0 amide bonds. The largest absolute Gasteiger partial charge is 2.00 e. The fourth-order valence-electron chi connectivity index (χ4n) is 0.478. The average molecular weight is 234 g/mol. The van der Waals surface area contributed by atoms with Crippen molar-refractivity contribution in [2.75, 3.05) is 33.1 Å². The fourth-order valence-corrected chi connectivity index (χ4v) is 0.587. The Kier molecular flexibility index (Phi) is 11.5. The van der Waals surface area contributed by atoms with E-state index >= 15 is 0 Å². The first-order valence-corrected chi connectivity index (χ1v) is 4.17. The topological polar surface area (TPSA) is 29.5 Å². The van der Waals surface area contributed by atoms with Gasteiger partial charge in [-0.15, -0.1) is 11.6 Å². The Morgan fingerprint density at radius 3 is 2.54 bits per heavy atom. The summed E-state index contributed by atoms with van der Waals surface area (Å²) in [7, 11) is 3.81. The van der Waals surface area contributed by atoms with E-state index in [1.807, 2.05) is 19.0 Å². The molecular formula is C8H16CaClNO2. The number of likely N-dealkylation sites (N-methyl/N-ethyl adjacent to an activating group) is 1. The molecule has 0 heterocycles. The summed E-state index contributed by atoms with van der Waals surface area (Å²) >= 11 is 5.38. The van der Waals surface area contributed by atoms with Crippen LogP contribution in [0.15, 0.2) is 12.2 Å². The van der Waals surface area contributed by atoms with Crippen molar-refractivity contribution < 1.29 is 12.4 Å². The normalized spacial score (nSPS) is 9.23. The van der Waals surface area contributed by atoms with Gasteiger partial charge in [-0.05, 0) is 14.1 Å². The Morgan fingerprint density at radius 2 is 2.15 bits per heavy atom. The smallest absolute Gasteiger partial charge is 1.00 e. The first-order chi connectivity index (χ1) is 5.57. The summed E-state index contributed by atoms with van der Waals surface area (Å²) in [4.78, 5) is 12.9. The number of halogens is 1. The van der Waals surface area contributed by atoms with Gasteiger partial charge in [0.25, 0.3) is 0 Å². The number of esters is 1. The Bertz CT molecular complexity index is 182. The molecule has 0 aromatic carbocycles. The van der Waals surface area contributed by atoms with Gasteiger partial charge in [0, 0.05) is 12.1 Å². The summed E-state index contributed by atoms with van der Waals surface area (Å²) in [6.07, 6.45) is 0. The van der Waals surface area contributed by atoms with Crippen LogP contribution in [0.1, 0.15) is 2.85 Å². The van der Waals surface area contributed by atoms with Crippen LogP contribution in [-0.2, 0) is 9.53 Å². The molecule has 0 aromatic rings. The molecule has 13 heavy (non-hydrogen) atoms. The monoisotopic (exact) mass is 233 g/mol. The molecule has 0 spiro atoms. The van der Waals surface area contributed by atoms with Crippen LogP contribution in [0.4, 0.5) is 0 Å². The van der Waals surface area contributed by atoms with Crippen molar-refractivity contribution in [2.24, 2.45) is 0 Å². The maximum atomic E-state index is 10.9. The summed E-state index contributed by atoms with van der Waals surface area (Å²) in [5, 5.41) is 0. The summed E-state index contributed by atoms with van der Waals surface area (Å²) in [6.45, 7) is 4.54. The molecule has 0 aliphatic carbocycles. The zero-order valence-electron chi connectivity index (χ0n) is 10.2. The first kappa shape index (κ1) is 16.2. The number of nitrogens with zero attached hydrogens (tertiary/aromatic N) is 1. The molecule has 0 aromatic heterocycles. The predicted octanol–water partition coefficient (Wildman–Crippen LogP) is 0.730. The molecule has 74 valence electrons. The summed E-state index contributed by atoms with van der Waals surface area (Å²) in [5.74, 6) is -0.285. The molecule has 3 nitrogen and oxygen atoms in total. The van der Waals surface area contributed by atoms with Crippen LogP contribution in [0.25, 0.3) is 0 Å². The SMILES string of the molecule is C=C(CCl)C(=O)OCCN(C)C.[Ca+2].[H-].[H-]. The van der Waals surface area contributed by atoms with Crippen molar-refractivity contribution in [1.29, 1.82) is 0 Å². The molecule has 0 fully saturated rings. The number of carbonyl (C=O) groups excluding carboxylic acids is 1. The van der Waals surface area contributed by atoms with Gasteiger partial charge < -0.3 is 12.5 Å². The van der Waals surface area contributed by atoms with Crippen LogP contribution in [0.2, 0.25) is 0 Å².